The molecule has 4 heteroatoms. The lowest BCUT2D eigenvalue weighted by Crippen LogP contribution is -2.06. The highest BCUT2D eigenvalue weighted by Crippen LogP contribution is 2.50. The van der Waals surface area contributed by atoms with E-state index < -0.39 is 0 Å². The van der Waals surface area contributed by atoms with Gasteiger partial charge in [0.1, 0.15) is 11.5 Å². The molecule has 0 aromatic heterocycles. The Balaban J connectivity index is 2.02. The van der Waals surface area contributed by atoms with Crippen molar-refractivity contribution in [3.63, 3.8) is 0 Å². The standard InChI is InChI=1S/C42H66O4/c1-5-9-13-17-23-31-43-38-30-29-37-39(42(38)46-34-26-20-16-12-8-4)41(45-33-25-19-15-11-7-3)36-28-22-21-27-35(36)40(37)44-32-24-18-14-10-6-2/h21-22,27-30H,5-20,23-26,31-34H2,1-4H3. The fraction of sp³-hybridized carbons (Fsp3) is 0.667. The van der Waals surface area contributed by atoms with Gasteiger partial charge in [-0.3, -0.25) is 0 Å². The Morgan fingerprint density at radius 2 is 0.739 bits per heavy atom. The van der Waals surface area contributed by atoms with Crippen LogP contribution in [0.5, 0.6) is 23.0 Å². The molecule has 0 fully saturated rings. The molecule has 0 radical (unpaired) electrons. The quantitative estimate of drug-likeness (QED) is 0.0588. The van der Waals surface area contributed by atoms with E-state index in [1.807, 2.05) is 0 Å². The van der Waals surface area contributed by atoms with Gasteiger partial charge in [-0.2, -0.15) is 0 Å². The highest BCUT2D eigenvalue weighted by molar-refractivity contribution is 6.13. The van der Waals surface area contributed by atoms with E-state index in [1.165, 1.54) is 103 Å². The number of hydrogen-bond donors (Lipinski definition) is 0. The zero-order valence-corrected chi connectivity index (χ0v) is 30.1. The summed E-state index contributed by atoms with van der Waals surface area (Å²) >= 11 is 0. The fourth-order valence-electron chi connectivity index (χ4n) is 6.23. The van der Waals surface area contributed by atoms with E-state index in [9.17, 15) is 0 Å². The van der Waals surface area contributed by atoms with Gasteiger partial charge < -0.3 is 18.9 Å². The molecule has 0 saturated heterocycles. The summed E-state index contributed by atoms with van der Waals surface area (Å²) in [7, 11) is 0. The maximum atomic E-state index is 6.77. The lowest BCUT2D eigenvalue weighted by atomic mass is 9.99. The molecular formula is C42H66O4. The number of ether oxygens (including phenoxy) is 4. The monoisotopic (exact) mass is 634 g/mol. The highest BCUT2D eigenvalue weighted by Gasteiger charge is 2.23. The molecule has 0 aliphatic rings. The maximum Gasteiger partial charge on any atom is 0.172 e. The third-order valence-electron chi connectivity index (χ3n) is 9.00. The van der Waals surface area contributed by atoms with Crippen LogP contribution >= 0.6 is 0 Å². The van der Waals surface area contributed by atoms with Gasteiger partial charge in [-0.1, -0.05) is 155 Å². The van der Waals surface area contributed by atoms with Crippen LogP contribution in [0.2, 0.25) is 0 Å². The van der Waals surface area contributed by atoms with Crippen LogP contribution in [0, 0.1) is 0 Å². The summed E-state index contributed by atoms with van der Waals surface area (Å²) in [4.78, 5) is 0. The minimum Gasteiger partial charge on any atom is -0.492 e. The van der Waals surface area contributed by atoms with E-state index in [-0.39, 0.29) is 0 Å². The first kappa shape index (κ1) is 37.8. The Bertz CT molecular complexity index is 1220. The Kier molecular flexibility index (Phi) is 19.5. The molecule has 3 rings (SSSR count). The molecule has 0 N–H and O–H groups in total. The minimum absolute atomic E-state index is 0.673. The highest BCUT2D eigenvalue weighted by atomic mass is 16.5. The smallest absolute Gasteiger partial charge is 0.172 e. The van der Waals surface area contributed by atoms with Crippen LogP contribution in [0.3, 0.4) is 0 Å². The molecule has 4 nitrogen and oxygen atoms in total. The molecule has 3 aromatic rings. The molecule has 0 atom stereocenters. The Morgan fingerprint density at radius 1 is 0.348 bits per heavy atom. The van der Waals surface area contributed by atoms with Gasteiger partial charge in [0, 0.05) is 16.2 Å². The Labute approximate surface area is 281 Å². The second-order valence-corrected chi connectivity index (χ2v) is 13.1. The minimum atomic E-state index is 0.673. The van der Waals surface area contributed by atoms with Gasteiger partial charge in [0.05, 0.1) is 31.8 Å². The van der Waals surface area contributed by atoms with Crippen LogP contribution in [-0.2, 0) is 0 Å². The number of unbranched alkanes of at least 4 members (excludes halogenated alkanes) is 16. The zero-order chi connectivity index (χ0) is 32.7. The molecular weight excluding hydrogens is 568 g/mol. The molecule has 46 heavy (non-hydrogen) atoms. The number of fused-ring (bicyclic) bond motifs is 2. The summed E-state index contributed by atoms with van der Waals surface area (Å²) in [6.45, 7) is 11.8. The molecule has 258 valence electrons. The second-order valence-electron chi connectivity index (χ2n) is 13.1. The Hall–Kier alpha value is -2.62. The zero-order valence-electron chi connectivity index (χ0n) is 30.1. The van der Waals surface area contributed by atoms with E-state index >= 15 is 0 Å². The third-order valence-corrected chi connectivity index (χ3v) is 9.00. The molecule has 0 bridgehead atoms. The van der Waals surface area contributed by atoms with Crippen LogP contribution in [0.25, 0.3) is 21.5 Å². The lowest BCUT2D eigenvalue weighted by Gasteiger charge is -2.22. The van der Waals surface area contributed by atoms with Gasteiger partial charge in [0.15, 0.2) is 11.5 Å². The van der Waals surface area contributed by atoms with Crippen molar-refractivity contribution in [3.8, 4) is 23.0 Å². The third kappa shape index (κ3) is 12.5. The second kappa shape index (κ2) is 23.7. The van der Waals surface area contributed by atoms with E-state index in [2.05, 4.69) is 64.1 Å². The van der Waals surface area contributed by atoms with Crippen molar-refractivity contribution in [1.82, 2.24) is 0 Å². The van der Waals surface area contributed by atoms with Crippen molar-refractivity contribution >= 4 is 21.5 Å². The molecule has 3 aromatic carbocycles. The van der Waals surface area contributed by atoms with E-state index in [0.717, 1.165) is 70.2 Å². The van der Waals surface area contributed by atoms with Crippen molar-refractivity contribution < 1.29 is 18.9 Å². The predicted molar refractivity (Wildman–Crippen MR) is 198 cm³/mol. The molecule has 0 unspecified atom stereocenters. The normalized spacial score (nSPS) is 11.4. The summed E-state index contributed by atoms with van der Waals surface area (Å²) in [6, 6.07) is 12.9. The molecule has 0 saturated carbocycles. The number of benzene rings is 3. The summed E-state index contributed by atoms with van der Waals surface area (Å²) in [5, 5.41) is 4.27. The molecule has 0 aliphatic heterocycles. The van der Waals surface area contributed by atoms with E-state index in [4.69, 9.17) is 18.9 Å². The van der Waals surface area contributed by atoms with Crippen LogP contribution in [0.1, 0.15) is 156 Å². The van der Waals surface area contributed by atoms with Crippen LogP contribution in [0.4, 0.5) is 0 Å². The average molecular weight is 635 g/mol. The van der Waals surface area contributed by atoms with Gasteiger partial charge in [0.25, 0.3) is 0 Å². The average Bonchev–Trinajstić information content (AvgIpc) is 3.08. The molecule has 0 spiro atoms. The lowest BCUT2D eigenvalue weighted by molar-refractivity contribution is 0.259. The number of rotatable bonds is 28. The van der Waals surface area contributed by atoms with Crippen molar-refractivity contribution in [2.24, 2.45) is 0 Å². The summed E-state index contributed by atoms with van der Waals surface area (Å²) in [5.74, 6) is 3.49. The SMILES string of the molecule is CCCCCCCOc1ccc2c(OCCCCCCC)c3ccccc3c(OCCCCCCC)c2c1OCCCCCCC. The van der Waals surface area contributed by atoms with Crippen LogP contribution < -0.4 is 18.9 Å². The van der Waals surface area contributed by atoms with Gasteiger partial charge in [-0.05, 0) is 37.8 Å². The fourth-order valence-corrected chi connectivity index (χ4v) is 6.23. The van der Waals surface area contributed by atoms with Crippen LogP contribution in [0.15, 0.2) is 36.4 Å². The van der Waals surface area contributed by atoms with Crippen molar-refractivity contribution in [1.29, 1.82) is 0 Å². The van der Waals surface area contributed by atoms with Crippen molar-refractivity contribution in [2.45, 2.75) is 156 Å². The summed E-state index contributed by atoms with van der Waals surface area (Å²) in [6.07, 6.45) is 24.1. The molecule has 0 aliphatic carbocycles. The van der Waals surface area contributed by atoms with Gasteiger partial charge in [-0.25, -0.2) is 0 Å². The van der Waals surface area contributed by atoms with Crippen molar-refractivity contribution in [3.05, 3.63) is 36.4 Å². The van der Waals surface area contributed by atoms with Gasteiger partial charge in [-0.15, -0.1) is 0 Å². The van der Waals surface area contributed by atoms with E-state index in [0.29, 0.717) is 26.4 Å². The molecule has 0 amide bonds. The largest absolute Gasteiger partial charge is 0.492 e. The van der Waals surface area contributed by atoms with Gasteiger partial charge >= 0.3 is 0 Å². The number of hydrogen-bond acceptors (Lipinski definition) is 4. The first-order valence-electron chi connectivity index (χ1n) is 19.3. The first-order valence-corrected chi connectivity index (χ1v) is 19.3. The molecule has 0 heterocycles. The summed E-state index contributed by atoms with van der Waals surface area (Å²) in [5.41, 5.74) is 0. The van der Waals surface area contributed by atoms with Crippen LogP contribution in [-0.4, -0.2) is 26.4 Å². The predicted octanol–water partition coefficient (Wildman–Crippen LogP) is 13.4. The van der Waals surface area contributed by atoms with Crippen molar-refractivity contribution in [2.75, 3.05) is 26.4 Å². The van der Waals surface area contributed by atoms with E-state index in [1.54, 1.807) is 0 Å². The first-order chi connectivity index (χ1) is 22.8. The topological polar surface area (TPSA) is 36.9 Å². The van der Waals surface area contributed by atoms with Gasteiger partial charge in [0.2, 0.25) is 0 Å². The Morgan fingerprint density at radius 3 is 1.22 bits per heavy atom. The maximum absolute atomic E-state index is 6.77. The summed E-state index contributed by atoms with van der Waals surface area (Å²) < 4.78 is 26.7.